The molecule has 1 aromatic rings. The second-order valence-corrected chi connectivity index (χ2v) is 6.46. The molecule has 0 aliphatic carbocycles. The number of fused-ring (bicyclic) bond motifs is 3. The zero-order chi connectivity index (χ0) is 17.3. The molecule has 2 heterocycles. The van der Waals surface area contributed by atoms with Crippen molar-refractivity contribution in [3.8, 4) is 0 Å². The molecule has 4 nitrogen and oxygen atoms in total. The van der Waals surface area contributed by atoms with E-state index < -0.39 is 12.1 Å². The van der Waals surface area contributed by atoms with Gasteiger partial charge in [-0.2, -0.15) is 13.2 Å². The van der Waals surface area contributed by atoms with Crippen molar-refractivity contribution in [3.63, 3.8) is 0 Å². The first-order chi connectivity index (χ1) is 10.7. The number of carbonyl (C=O) groups is 1. The number of alkyl halides is 3. The Hall–Kier alpha value is -1.25. The third-order valence-electron chi connectivity index (χ3n) is 4.11. The molecular formula is C15H18F3NO3S. The zero-order valence-electron chi connectivity index (χ0n) is 12.7. The highest BCUT2D eigenvalue weighted by molar-refractivity contribution is 7.98. The number of halogens is 3. The fourth-order valence-corrected chi connectivity index (χ4v) is 3.52. The second kappa shape index (κ2) is 6.70. The van der Waals surface area contributed by atoms with Gasteiger partial charge in [0.2, 0.25) is 0 Å². The summed E-state index contributed by atoms with van der Waals surface area (Å²) in [5.74, 6) is -2.24. The third kappa shape index (κ3) is 3.81. The molecule has 0 spiro atoms. The van der Waals surface area contributed by atoms with Gasteiger partial charge >= 0.3 is 12.1 Å². The molecular weight excluding hydrogens is 331 g/mol. The fraction of sp³-hybridized carbons (Fsp3) is 0.533. The van der Waals surface area contributed by atoms with Gasteiger partial charge in [-0.15, -0.1) is 11.8 Å². The second-order valence-electron chi connectivity index (χ2n) is 5.62. The molecule has 2 atom stereocenters. The third-order valence-corrected chi connectivity index (χ3v) is 4.94. The Balaban J connectivity index is 0.000000236. The number of hydrogen-bond acceptors (Lipinski definition) is 4. The molecule has 0 aromatic heterocycles. The largest absolute Gasteiger partial charge is 0.490 e. The molecule has 3 rings (SSSR count). The first-order valence-electron chi connectivity index (χ1n) is 6.99. The summed E-state index contributed by atoms with van der Waals surface area (Å²) in [4.78, 5) is 10.3. The fourth-order valence-electron chi connectivity index (χ4n) is 2.89. The Morgan fingerprint density at radius 2 is 2.13 bits per heavy atom. The summed E-state index contributed by atoms with van der Waals surface area (Å²) < 4.78 is 37.8. The van der Waals surface area contributed by atoms with Gasteiger partial charge in [0, 0.05) is 23.9 Å². The molecule has 0 amide bonds. The van der Waals surface area contributed by atoms with Crippen molar-refractivity contribution < 1.29 is 27.8 Å². The van der Waals surface area contributed by atoms with Crippen molar-refractivity contribution in [2.75, 3.05) is 19.3 Å². The van der Waals surface area contributed by atoms with Crippen LogP contribution in [0.5, 0.6) is 0 Å². The number of ether oxygens (including phenoxy) is 1. The molecule has 0 unspecified atom stereocenters. The van der Waals surface area contributed by atoms with E-state index in [4.69, 9.17) is 14.6 Å². The highest BCUT2D eigenvalue weighted by Gasteiger charge is 2.44. The smallest absolute Gasteiger partial charge is 0.475 e. The van der Waals surface area contributed by atoms with Crippen molar-refractivity contribution >= 4 is 17.7 Å². The maximum Gasteiger partial charge on any atom is 0.490 e. The molecule has 1 saturated heterocycles. The van der Waals surface area contributed by atoms with Crippen LogP contribution < -0.4 is 5.32 Å². The van der Waals surface area contributed by atoms with Crippen LogP contribution in [0.2, 0.25) is 0 Å². The van der Waals surface area contributed by atoms with E-state index in [1.54, 1.807) is 0 Å². The quantitative estimate of drug-likeness (QED) is 0.764. The number of aliphatic carboxylic acids is 1. The van der Waals surface area contributed by atoms with Gasteiger partial charge in [0.25, 0.3) is 0 Å². The molecule has 8 heteroatoms. The van der Waals surface area contributed by atoms with E-state index in [1.807, 2.05) is 11.8 Å². The normalized spacial score (nSPS) is 25.9. The first-order valence-corrected chi connectivity index (χ1v) is 8.22. The molecule has 0 bridgehead atoms. The lowest BCUT2D eigenvalue weighted by Gasteiger charge is -2.37. The Labute approximate surface area is 136 Å². The first kappa shape index (κ1) is 18.1. The standard InChI is InChI=1S/C13H17NOS.C2HF3O2/c1-13-8-14-6-11(13)9-4-3-5-12(16-2)10(9)7-15-13;3-2(4,5)1(6)7/h3-5,11,14H,6-8H2,1-2H3;(H,6,7)/t11-,13-;/m0./s1. The van der Waals surface area contributed by atoms with Gasteiger partial charge in [-0.1, -0.05) is 12.1 Å². The average molecular weight is 349 g/mol. The number of hydrogen-bond donors (Lipinski definition) is 2. The number of thioether (sulfide) groups is 1. The molecule has 1 fully saturated rings. The van der Waals surface area contributed by atoms with Gasteiger partial charge in [0.1, 0.15) is 0 Å². The monoisotopic (exact) mass is 349 g/mol. The summed E-state index contributed by atoms with van der Waals surface area (Å²) in [5.41, 5.74) is 2.90. The highest BCUT2D eigenvalue weighted by Crippen LogP contribution is 2.43. The van der Waals surface area contributed by atoms with Gasteiger partial charge in [0.05, 0.1) is 12.2 Å². The molecule has 0 saturated carbocycles. The van der Waals surface area contributed by atoms with Crippen LogP contribution in [0, 0.1) is 0 Å². The average Bonchev–Trinajstić information content (AvgIpc) is 2.88. The summed E-state index contributed by atoms with van der Waals surface area (Å²) in [6.07, 6.45) is -2.95. The summed E-state index contributed by atoms with van der Waals surface area (Å²) >= 11 is 1.82. The Morgan fingerprint density at radius 1 is 1.48 bits per heavy atom. The Bertz CT molecular complexity index is 594. The maximum absolute atomic E-state index is 10.6. The Morgan fingerprint density at radius 3 is 2.70 bits per heavy atom. The van der Waals surface area contributed by atoms with Crippen molar-refractivity contribution in [2.45, 2.75) is 36.1 Å². The molecule has 2 aliphatic heterocycles. The van der Waals surface area contributed by atoms with Crippen molar-refractivity contribution in [3.05, 3.63) is 29.3 Å². The lowest BCUT2D eigenvalue weighted by molar-refractivity contribution is -0.192. The van der Waals surface area contributed by atoms with Gasteiger partial charge in [-0.05, 0) is 30.4 Å². The predicted molar refractivity (Wildman–Crippen MR) is 80.7 cm³/mol. The van der Waals surface area contributed by atoms with Gasteiger partial charge in [-0.3, -0.25) is 0 Å². The molecule has 2 N–H and O–H groups in total. The molecule has 2 aliphatic rings. The lowest BCUT2D eigenvalue weighted by atomic mass is 9.81. The molecule has 0 radical (unpaired) electrons. The lowest BCUT2D eigenvalue weighted by Crippen LogP contribution is -2.39. The van der Waals surface area contributed by atoms with E-state index in [-0.39, 0.29) is 5.60 Å². The predicted octanol–water partition coefficient (Wildman–Crippen LogP) is 3.02. The summed E-state index contributed by atoms with van der Waals surface area (Å²) in [6.45, 7) is 5.01. The van der Waals surface area contributed by atoms with Crippen LogP contribution in [-0.4, -0.2) is 42.2 Å². The van der Waals surface area contributed by atoms with E-state index in [0.717, 1.165) is 19.7 Å². The number of benzene rings is 1. The molecule has 128 valence electrons. The zero-order valence-corrected chi connectivity index (χ0v) is 13.6. The molecule has 1 aromatic carbocycles. The highest BCUT2D eigenvalue weighted by atomic mass is 32.2. The summed E-state index contributed by atoms with van der Waals surface area (Å²) in [7, 11) is 0. The summed E-state index contributed by atoms with van der Waals surface area (Å²) in [6, 6.07) is 6.64. The number of nitrogens with one attached hydrogen (secondary N) is 1. The van der Waals surface area contributed by atoms with Crippen LogP contribution in [0.1, 0.15) is 24.0 Å². The van der Waals surface area contributed by atoms with Crippen LogP contribution in [0.15, 0.2) is 23.1 Å². The van der Waals surface area contributed by atoms with Crippen LogP contribution in [0.4, 0.5) is 13.2 Å². The van der Waals surface area contributed by atoms with E-state index in [1.165, 1.54) is 16.0 Å². The Kier molecular flexibility index (Phi) is 5.27. The minimum Gasteiger partial charge on any atom is -0.475 e. The maximum atomic E-state index is 10.6. The molecule has 23 heavy (non-hydrogen) atoms. The van der Waals surface area contributed by atoms with Crippen LogP contribution in [0.25, 0.3) is 0 Å². The van der Waals surface area contributed by atoms with Crippen molar-refractivity contribution in [1.82, 2.24) is 5.32 Å². The number of carboxylic acids is 1. The van der Waals surface area contributed by atoms with E-state index >= 15 is 0 Å². The summed E-state index contributed by atoms with van der Waals surface area (Å²) in [5, 5.41) is 10.6. The van der Waals surface area contributed by atoms with E-state index in [0.29, 0.717) is 5.92 Å². The van der Waals surface area contributed by atoms with Gasteiger partial charge in [0.15, 0.2) is 0 Å². The SMILES string of the molecule is CSc1cccc2c1CO[C@@]1(C)CNC[C@@H]21.O=C(O)C(F)(F)F. The van der Waals surface area contributed by atoms with Crippen LogP contribution in [0.3, 0.4) is 0 Å². The van der Waals surface area contributed by atoms with Crippen LogP contribution >= 0.6 is 11.8 Å². The van der Waals surface area contributed by atoms with Crippen LogP contribution in [-0.2, 0) is 16.1 Å². The van der Waals surface area contributed by atoms with Gasteiger partial charge in [-0.25, -0.2) is 4.79 Å². The van der Waals surface area contributed by atoms with E-state index in [9.17, 15) is 13.2 Å². The topological polar surface area (TPSA) is 58.6 Å². The van der Waals surface area contributed by atoms with Crippen molar-refractivity contribution in [1.29, 1.82) is 0 Å². The van der Waals surface area contributed by atoms with Crippen molar-refractivity contribution in [2.24, 2.45) is 0 Å². The van der Waals surface area contributed by atoms with Gasteiger partial charge < -0.3 is 15.2 Å². The minimum atomic E-state index is -5.08. The minimum absolute atomic E-state index is 0.00400. The van der Waals surface area contributed by atoms with E-state index in [2.05, 4.69) is 36.7 Å². The number of rotatable bonds is 1. The number of carboxylic acid groups (broad SMARTS) is 1.